The van der Waals surface area contributed by atoms with Gasteiger partial charge in [0.05, 0.1) is 0 Å². The summed E-state index contributed by atoms with van der Waals surface area (Å²) in [6, 6.07) is 1.67. The fourth-order valence-corrected chi connectivity index (χ4v) is 1.61. The summed E-state index contributed by atoms with van der Waals surface area (Å²) < 4.78 is 1.17. The van der Waals surface area contributed by atoms with Crippen molar-refractivity contribution in [1.82, 2.24) is 14.5 Å². The topological polar surface area (TPSA) is 58.1 Å². The van der Waals surface area contributed by atoms with E-state index in [0.29, 0.717) is 12.6 Å². The van der Waals surface area contributed by atoms with E-state index in [2.05, 4.69) is 23.7 Å². The summed E-state index contributed by atoms with van der Waals surface area (Å²) in [4.78, 5) is 27.6. The van der Waals surface area contributed by atoms with E-state index in [4.69, 9.17) is 11.6 Å². The first-order valence-electron chi connectivity index (χ1n) is 5.61. The smallest absolute Gasteiger partial charge is 0.304 e. The van der Waals surface area contributed by atoms with Crippen LogP contribution in [-0.4, -0.2) is 34.1 Å². The molecule has 1 aromatic rings. The normalized spacial score (nSPS) is 11.4. The molecule has 5 nitrogen and oxygen atoms in total. The fourth-order valence-electron chi connectivity index (χ4n) is 1.44. The maximum absolute atomic E-state index is 11.5. The number of halogens is 1. The van der Waals surface area contributed by atoms with E-state index < -0.39 is 5.69 Å². The molecule has 96 valence electrons. The molecule has 0 amide bonds. The molecule has 0 aliphatic carbocycles. The van der Waals surface area contributed by atoms with Crippen LogP contribution in [0.25, 0.3) is 0 Å². The highest BCUT2D eigenvalue weighted by Gasteiger charge is 2.05. The molecule has 17 heavy (non-hydrogen) atoms. The van der Waals surface area contributed by atoms with Gasteiger partial charge < -0.3 is 4.90 Å². The van der Waals surface area contributed by atoms with E-state index in [1.165, 1.54) is 10.6 Å². The Morgan fingerprint density at radius 3 is 2.65 bits per heavy atom. The maximum Gasteiger partial charge on any atom is 0.329 e. The molecule has 0 saturated carbocycles. The lowest BCUT2D eigenvalue weighted by Gasteiger charge is -2.20. The van der Waals surface area contributed by atoms with Crippen molar-refractivity contribution in [1.29, 1.82) is 0 Å². The van der Waals surface area contributed by atoms with Crippen molar-refractivity contribution >= 4 is 11.6 Å². The van der Waals surface area contributed by atoms with Gasteiger partial charge >= 0.3 is 5.69 Å². The molecule has 0 bridgehead atoms. The number of hydrogen-bond acceptors (Lipinski definition) is 3. The predicted molar refractivity (Wildman–Crippen MR) is 68.7 cm³/mol. The number of hydrogen-bond donors (Lipinski definition) is 1. The summed E-state index contributed by atoms with van der Waals surface area (Å²) in [6.45, 7) is 5.44. The number of nitrogens with zero attached hydrogens (tertiary/aromatic N) is 2. The van der Waals surface area contributed by atoms with Crippen molar-refractivity contribution in [3.05, 3.63) is 32.1 Å². The number of H-pyrrole nitrogens is 1. The van der Waals surface area contributed by atoms with E-state index in [1.807, 2.05) is 7.05 Å². The number of rotatable bonds is 5. The van der Waals surface area contributed by atoms with Crippen molar-refractivity contribution in [2.75, 3.05) is 13.6 Å². The third-order valence-electron chi connectivity index (χ3n) is 2.76. The summed E-state index contributed by atoms with van der Waals surface area (Å²) >= 11 is 5.57. The van der Waals surface area contributed by atoms with Crippen LogP contribution in [0.1, 0.15) is 20.3 Å². The van der Waals surface area contributed by atoms with Crippen LogP contribution >= 0.6 is 11.6 Å². The SMILES string of the molecule is CC(C)N(C)CCCn1c(=O)cc(Cl)[nH]c1=O. The van der Waals surface area contributed by atoms with Crippen molar-refractivity contribution in [3.63, 3.8) is 0 Å². The Labute approximate surface area is 105 Å². The first-order valence-corrected chi connectivity index (χ1v) is 5.99. The highest BCUT2D eigenvalue weighted by Crippen LogP contribution is 1.97. The van der Waals surface area contributed by atoms with Gasteiger partial charge in [-0.1, -0.05) is 11.6 Å². The lowest BCUT2D eigenvalue weighted by atomic mass is 10.3. The average molecular weight is 260 g/mol. The second-order valence-electron chi connectivity index (χ2n) is 4.34. The molecule has 0 aliphatic rings. The van der Waals surface area contributed by atoms with E-state index in [9.17, 15) is 9.59 Å². The largest absolute Gasteiger partial charge is 0.329 e. The second kappa shape index (κ2) is 6.02. The van der Waals surface area contributed by atoms with Gasteiger partial charge in [-0.2, -0.15) is 0 Å². The van der Waals surface area contributed by atoms with Gasteiger partial charge in [-0.3, -0.25) is 14.3 Å². The van der Waals surface area contributed by atoms with E-state index in [0.717, 1.165) is 13.0 Å². The molecule has 1 N–H and O–H groups in total. The standard InChI is InChI=1S/C11H18ClN3O2/c1-8(2)14(3)5-4-6-15-10(16)7-9(12)13-11(15)17/h7-8H,4-6H2,1-3H3,(H,13,17). The summed E-state index contributed by atoms with van der Waals surface area (Å²) in [5, 5.41) is 0.0792. The maximum atomic E-state index is 11.5. The highest BCUT2D eigenvalue weighted by atomic mass is 35.5. The molecule has 1 heterocycles. The molecule has 0 aromatic carbocycles. The molecule has 1 rings (SSSR count). The highest BCUT2D eigenvalue weighted by molar-refractivity contribution is 6.29. The van der Waals surface area contributed by atoms with Gasteiger partial charge in [0.25, 0.3) is 5.56 Å². The number of aromatic amines is 1. The van der Waals surface area contributed by atoms with Gasteiger partial charge in [-0.05, 0) is 33.9 Å². The van der Waals surface area contributed by atoms with Crippen LogP contribution in [0, 0.1) is 0 Å². The molecule has 6 heteroatoms. The van der Waals surface area contributed by atoms with Gasteiger partial charge in [0, 0.05) is 18.7 Å². The average Bonchev–Trinajstić information content (AvgIpc) is 2.21. The quantitative estimate of drug-likeness (QED) is 0.800. The first kappa shape index (κ1) is 14.0. The molecule has 0 aliphatic heterocycles. The van der Waals surface area contributed by atoms with Gasteiger partial charge in [0.15, 0.2) is 0 Å². The summed E-state index contributed by atoms with van der Waals surface area (Å²) in [5.74, 6) is 0. The minimum atomic E-state index is -0.449. The Balaban J connectivity index is 2.65. The predicted octanol–water partition coefficient (Wildman–Crippen LogP) is 0.920. The lowest BCUT2D eigenvalue weighted by molar-refractivity contribution is 0.264. The Morgan fingerprint density at radius 1 is 1.47 bits per heavy atom. The van der Waals surface area contributed by atoms with E-state index in [1.54, 1.807) is 0 Å². The molecule has 0 saturated heterocycles. The molecule has 1 aromatic heterocycles. The van der Waals surface area contributed by atoms with Gasteiger partial charge in [-0.15, -0.1) is 0 Å². The first-order chi connectivity index (χ1) is 7.91. The molecular weight excluding hydrogens is 242 g/mol. The zero-order valence-electron chi connectivity index (χ0n) is 10.4. The molecule has 0 unspecified atom stereocenters. The van der Waals surface area contributed by atoms with Crippen LogP contribution < -0.4 is 11.2 Å². The Bertz CT molecular complexity index is 447. The number of aromatic nitrogens is 2. The van der Waals surface area contributed by atoms with Crippen LogP contribution in [0.4, 0.5) is 0 Å². The zero-order chi connectivity index (χ0) is 13.0. The lowest BCUT2D eigenvalue weighted by Crippen LogP contribution is -2.36. The monoisotopic (exact) mass is 259 g/mol. The van der Waals surface area contributed by atoms with Gasteiger partial charge in [0.2, 0.25) is 0 Å². The Kier molecular flexibility index (Phi) is 4.96. The van der Waals surface area contributed by atoms with E-state index >= 15 is 0 Å². The summed E-state index contributed by atoms with van der Waals surface area (Å²) in [5.41, 5.74) is -0.805. The molecule has 0 atom stereocenters. The van der Waals surface area contributed by atoms with Crippen molar-refractivity contribution in [2.24, 2.45) is 0 Å². The van der Waals surface area contributed by atoms with Crippen molar-refractivity contribution < 1.29 is 0 Å². The summed E-state index contributed by atoms with van der Waals surface area (Å²) in [6.07, 6.45) is 0.749. The summed E-state index contributed by atoms with van der Waals surface area (Å²) in [7, 11) is 2.01. The van der Waals surface area contributed by atoms with Gasteiger partial charge in [0.1, 0.15) is 5.15 Å². The van der Waals surface area contributed by atoms with Crippen LogP contribution in [0.5, 0.6) is 0 Å². The Morgan fingerprint density at radius 2 is 2.12 bits per heavy atom. The third-order valence-corrected chi connectivity index (χ3v) is 2.97. The Hall–Kier alpha value is -1.07. The molecule has 0 spiro atoms. The molecule has 0 fully saturated rings. The molecular formula is C11H18ClN3O2. The third kappa shape index (κ3) is 4.02. The zero-order valence-corrected chi connectivity index (χ0v) is 11.1. The van der Waals surface area contributed by atoms with Crippen LogP contribution in [0.2, 0.25) is 5.15 Å². The second-order valence-corrected chi connectivity index (χ2v) is 4.75. The van der Waals surface area contributed by atoms with Crippen molar-refractivity contribution in [3.8, 4) is 0 Å². The minimum absolute atomic E-state index is 0.0792. The van der Waals surface area contributed by atoms with Crippen molar-refractivity contribution in [2.45, 2.75) is 32.9 Å². The fraction of sp³-hybridized carbons (Fsp3) is 0.636. The van der Waals surface area contributed by atoms with Crippen LogP contribution in [0.3, 0.4) is 0 Å². The number of nitrogens with one attached hydrogen (secondary N) is 1. The minimum Gasteiger partial charge on any atom is -0.304 e. The molecule has 0 radical (unpaired) electrons. The van der Waals surface area contributed by atoms with Crippen LogP contribution in [-0.2, 0) is 6.54 Å². The van der Waals surface area contributed by atoms with Gasteiger partial charge in [-0.25, -0.2) is 4.79 Å². The van der Waals surface area contributed by atoms with Crippen LogP contribution in [0.15, 0.2) is 15.7 Å². The van der Waals surface area contributed by atoms with E-state index in [-0.39, 0.29) is 10.7 Å².